The van der Waals surface area contributed by atoms with Crippen molar-refractivity contribution in [2.75, 3.05) is 7.05 Å². The van der Waals surface area contributed by atoms with Crippen LogP contribution in [0, 0.1) is 6.92 Å². The lowest BCUT2D eigenvalue weighted by atomic mass is 9.96. The Kier molecular flexibility index (Phi) is 5.94. The largest absolute Gasteiger partial charge is 0.472 e. The Labute approximate surface area is 158 Å². The molecule has 0 aliphatic heterocycles. The SMILES string of the molecule is CNC(=O)NS(=O)(=O)c1cc(CC(=O)NC(C)(C)c2ccoc2)ccc1C. The molecule has 1 aromatic carbocycles. The molecule has 9 heteroatoms. The predicted octanol–water partition coefficient (Wildman–Crippen LogP) is 1.80. The van der Waals surface area contributed by atoms with Crippen LogP contribution in [0.1, 0.15) is 30.5 Å². The lowest BCUT2D eigenvalue weighted by Gasteiger charge is -2.25. The second-order valence-electron chi connectivity index (χ2n) is 6.65. The van der Waals surface area contributed by atoms with E-state index in [4.69, 9.17) is 4.42 Å². The lowest BCUT2D eigenvalue weighted by molar-refractivity contribution is -0.122. The number of furan rings is 1. The second kappa shape index (κ2) is 7.83. The molecule has 0 atom stereocenters. The van der Waals surface area contributed by atoms with Crippen LogP contribution in [0.3, 0.4) is 0 Å². The van der Waals surface area contributed by atoms with Crippen molar-refractivity contribution in [1.29, 1.82) is 0 Å². The van der Waals surface area contributed by atoms with Crippen molar-refractivity contribution in [3.8, 4) is 0 Å². The molecule has 0 fully saturated rings. The van der Waals surface area contributed by atoms with E-state index in [1.54, 1.807) is 31.4 Å². The Morgan fingerprint density at radius 2 is 1.89 bits per heavy atom. The number of benzene rings is 1. The average Bonchev–Trinajstić information content (AvgIpc) is 3.11. The maximum absolute atomic E-state index is 12.4. The Morgan fingerprint density at radius 3 is 2.48 bits per heavy atom. The van der Waals surface area contributed by atoms with Crippen molar-refractivity contribution in [2.45, 2.75) is 37.6 Å². The highest BCUT2D eigenvalue weighted by molar-refractivity contribution is 7.90. The molecular formula is C18H23N3O5S. The molecule has 146 valence electrons. The van der Waals surface area contributed by atoms with E-state index in [1.165, 1.54) is 19.4 Å². The molecule has 2 aromatic rings. The van der Waals surface area contributed by atoms with Crippen LogP contribution in [0.25, 0.3) is 0 Å². The van der Waals surface area contributed by atoms with Gasteiger partial charge in [-0.3, -0.25) is 4.79 Å². The number of rotatable bonds is 6. The first-order valence-electron chi connectivity index (χ1n) is 8.23. The van der Waals surface area contributed by atoms with Crippen molar-refractivity contribution in [2.24, 2.45) is 0 Å². The van der Waals surface area contributed by atoms with Gasteiger partial charge in [0.05, 0.1) is 29.4 Å². The summed E-state index contributed by atoms with van der Waals surface area (Å²) in [4.78, 5) is 23.7. The number of hydrogen-bond acceptors (Lipinski definition) is 5. The standard InChI is InChI=1S/C18H23N3O5S/c1-12-5-6-13(9-15(12)27(24,25)21-17(23)19-4)10-16(22)20-18(2,3)14-7-8-26-11-14/h5-9,11H,10H2,1-4H3,(H,20,22)(H2,19,21,23). The minimum atomic E-state index is -4.04. The molecule has 0 unspecified atom stereocenters. The highest BCUT2D eigenvalue weighted by Crippen LogP contribution is 2.21. The van der Waals surface area contributed by atoms with Gasteiger partial charge in [-0.15, -0.1) is 0 Å². The topological polar surface area (TPSA) is 118 Å². The minimum Gasteiger partial charge on any atom is -0.472 e. The van der Waals surface area contributed by atoms with E-state index in [9.17, 15) is 18.0 Å². The highest BCUT2D eigenvalue weighted by Gasteiger charge is 2.25. The van der Waals surface area contributed by atoms with Gasteiger partial charge >= 0.3 is 6.03 Å². The molecule has 0 aliphatic rings. The first-order valence-corrected chi connectivity index (χ1v) is 9.71. The third-order valence-electron chi connectivity index (χ3n) is 4.06. The van der Waals surface area contributed by atoms with Gasteiger partial charge < -0.3 is 15.1 Å². The van der Waals surface area contributed by atoms with Crippen molar-refractivity contribution >= 4 is 22.0 Å². The van der Waals surface area contributed by atoms with Gasteiger partial charge in [0.15, 0.2) is 0 Å². The van der Waals surface area contributed by atoms with E-state index < -0.39 is 21.6 Å². The number of nitrogens with one attached hydrogen (secondary N) is 3. The molecule has 1 aromatic heterocycles. The van der Waals surface area contributed by atoms with E-state index >= 15 is 0 Å². The van der Waals surface area contributed by atoms with Crippen LogP contribution in [-0.4, -0.2) is 27.4 Å². The number of hydrogen-bond donors (Lipinski definition) is 3. The van der Waals surface area contributed by atoms with Crippen LogP contribution in [0.15, 0.2) is 46.1 Å². The second-order valence-corrected chi connectivity index (χ2v) is 8.30. The Bertz CT molecular complexity index is 934. The molecule has 1 heterocycles. The number of carbonyl (C=O) groups excluding carboxylic acids is 2. The number of amides is 3. The summed E-state index contributed by atoms with van der Waals surface area (Å²) in [7, 11) is -2.72. The fraction of sp³-hybridized carbons (Fsp3) is 0.333. The summed E-state index contributed by atoms with van der Waals surface area (Å²) in [6.45, 7) is 5.30. The maximum Gasteiger partial charge on any atom is 0.328 e. The van der Waals surface area contributed by atoms with Crippen LogP contribution in [-0.2, 0) is 26.8 Å². The molecule has 0 aliphatic carbocycles. The zero-order valence-electron chi connectivity index (χ0n) is 15.6. The summed E-state index contributed by atoms with van der Waals surface area (Å²) >= 11 is 0. The minimum absolute atomic E-state index is 0.00987. The number of aryl methyl sites for hydroxylation is 1. The first-order chi connectivity index (χ1) is 12.5. The zero-order valence-corrected chi connectivity index (χ0v) is 16.4. The van der Waals surface area contributed by atoms with Gasteiger partial charge in [0, 0.05) is 12.6 Å². The van der Waals surface area contributed by atoms with Gasteiger partial charge in [0.25, 0.3) is 10.0 Å². The monoisotopic (exact) mass is 393 g/mol. The molecule has 2 rings (SSSR count). The van der Waals surface area contributed by atoms with Crippen LogP contribution in [0.5, 0.6) is 0 Å². The molecule has 27 heavy (non-hydrogen) atoms. The Hall–Kier alpha value is -2.81. The summed E-state index contributed by atoms with van der Waals surface area (Å²) in [5, 5.41) is 5.09. The van der Waals surface area contributed by atoms with Crippen LogP contribution >= 0.6 is 0 Å². The van der Waals surface area contributed by atoms with Gasteiger partial charge in [-0.05, 0) is 44.0 Å². The van der Waals surface area contributed by atoms with Crippen molar-refractivity contribution < 1.29 is 22.4 Å². The first kappa shape index (κ1) is 20.5. The number of sulfonamides is 1. The normalized spacial score (nSPS) is 11.7. The summed E-state index contributed by atoms with van der Waals surface area (Å²) < 4.78 is 31.7. The van der Waals surface area contributed by atoms with Gasteiger partial charge in [0.2, 0.25) is 5.91 Å². The van der Waals surface area contributed by atoms with Gasteiger partial charge in [-0.1, -0.05) is 12.1 Å². The highest BCUT2D eigenvalue weighted by atomic mass is 32.2. The summed E-state index contributed by atoms with van der Waals surface area (Å²) in [6, 6.07) is 5.60. The molecule has 0 spiro atoms. The number of carbonyl (C=O) groups is 2. The smallest absolute Gasteiger partial charge is 0.328 e. The Balaban J connectivity index is 2.18. The predicted molar refractivity (Wildman–Crippen MR) is 99.5 cm³/mol. The summed E-state index contributed by atoms with van der Waals surface area (Å²) in [5.41, 5.74) is 1.16. The molecule has 8 nitrogen and oxygen atoms in total. The zero-order chi connectivity index (χ0) is 20.2. The quantitative estimate of drug-likeness (QED) is 0.692. The molecule has 0 saturated heterocycles. The van der Waals surface area contributed by atoms with Crippen LogP contribution in [0.2, 0.25) is 0 Å². The fourth-order valence-electron chi connectivity index (χ4n) is 2.54. The van der Waals surface area contributed by atoms with Gasteiger partial charge in [-0.2, -0.15) is 0 Å². The van der Waals surface area contributed by atoms with E-state index in [0.717, 1.165) is 5.56 Å². The van der Waals surface area contributed by atoms with Crippen LogP contribution < -0.4 is 15.4 Å². The van der Waals surface area contributed by atoms with Crippen molar-refractivity contribution in [3.05, 3.63) is 53.5 Å². The molecule has 0 bridgehead atoms. The third-order valence-corrected chi connectivity index (χ3v) is 5.53. The average molecular weight is 393 g/mol. The molecule has 3 N–H and O–H groups in total. The fourth-order valence-corrected chi connectivity index (χ4v) is 3.80. The van der Waals surface area contributed by atoms with Gasteiger partial charge in [0.1, 0.15) is 0 Å². The maximum atomic E-state index is 12.4. The third kappa shape index (κ3) is 5.10. The van der Waals surface area contributed by atoms with Crippen LogP contribution in [0.4, 0.5) is 4.79 Å². The summed E-state index contributed by atoms with van der Waals surface area (Å²) in [5.74, 6) is -0.271. The van der Waals surface area contributed by atoms with E-state index in [0.29, 0.717) is 11.1 Å². The van der Waals surface area contributed by atoms with Crippen molar-refractivity contribution in [1.82, 2.24) is 15.4 Å². The lowest BCUT2D eigenvalue weighted by Crippen LogP contribution is -2.41. The molecule has 0 saturated carbocycles. The van der Waals surface area contributed by atoms with Crippen molar-refractivity contribution in [3.63, 3.8) is 0 Å². The molecule has 0 radical (unpaired) electrons. The molecular weight excluding hydrogens is 370 g/mol. The van der Waals surface area contributed by atoms with E-state index in [-0.39, 0.29) is 17.2 Å². The summed E-state index contributed by atoms with van der Waals surface area (Å²) in [6.07, 6.45) is 3.07. The van der Waals surface area contributed by atoms with E-state index in [2.05, 4.69) is 10.6 Å². The van der Waals surface area contributed by atoms with Gasteiger partial charge in [-0.25, -0.2) is 17.9 Å². The number of urea groups is 1. The Morgan fingerprint density at radius 1 is 1.19 bits per heavy atom. The molecule has 3 amide bonds. The van der Waals surface area contributed by atoms with E-state index in [1.807, 2.05) is 18.6 Å².